The first-order valence-corrected chi connectivity index (χ1v) is 6.50. The molecule has 1 unspecified atom stereocenters. The number of amides is 1. The smallest absolute Gasteiger partial charge is 0.220 e. The predicted molar refractivity (Wildman–Crippen MR) is 66.4 cm³/mol. The first-order chi connectivity index (χ1) is 7.59. The molecule has 16 heavy (non-hydrogen) atoms. The van der Waals surface area contributed by atoms with Crippen LogP contribution in [0.4, 0.5) is 0 Å². The molecule has 1 amide bonds. The van der Waals surface area contributed by atoms with Gasteiger partial charge >= 0.3 is 0 Å². The van der Waals surface area contributed by atoms with Crippen molar-refractivity contribution >= 4 is 17.2 Å². The second-order valence-corrected chi connectivity index (χ2v) is 5.09. The number of nitrogens with one attached hydrogen (secondary N) is 1. The van der Waals surface area contributed by atoms with Crippen molar-refractivity contribution < 1.29 is 9.90 Å². The molecule has 0 aliphatic heterocycles. The van der Waals surface area contributed by atoms with Crippen molar-refractivity contribution in [2.24, 2.45) is 5.92 Å². The van der Waals surface area contributed by atoms with E-state index in [2.05, 4.69) is 19.2 Å². The van der Waals surface area contributed by atoms with Crippen LogP contribution in [-0.4, -0.2) is 17.6 Å². The Kier molecular flexibility index (Phi) is 5.49. The van der Waals surface area contributed by atoms with Crippen LogP contribution in [0, 0.1) is 5.92 Å². The van der Waals surface area contributed by atoms with E-state index in [9.17, 15) is 9.90 Å². The summed E-state index contributed by atoms with van der Waals surface area (Å²) in [6.45, 7) is 4.48. The molecule has 0 saturated carbocycles. The van der Waals surface area contributed by atoms with E-state index in [-0.39, 0.29) is 5.91 Å². The lowest BCUT2D eigenvalue weighted by atomic mass is 10.1. The van der Waals surface area contributed by atoms with Gasteiger partial charge in [0.2, 0.25) is 5.91 Å². The van der Waals surface area contributed by atoms with Crippen LogP contribution in [0.25, 0.3) is 0 Å². The van der Waals surface area contributed by atoms with Crippen LogP contribution in [0.2, 0.25) is 0 Å². The van der Waals surface area contributed by atoms with Gasteiger partial charge in [0.05, 0.1) is 6.10 Å². The zero-order valence-corrected chi connectivity index (χ0v) is 10.6. The maximum atomic E-state index is 11.4. The Hall–Kier alpha value is -0.870. The lowest BCUT2D eigenvalue weighted by Gasteiger charge is -2.11. The highest BCUT2D eigenvalue weighted by atomic mass is 32.1. The van der Waals surface area contributed by atoms with Gasteiger partial charge in [-0.15, -0.1) is 0 Å². The third-order valence-corrected chi connectivity index (χ3v) is 3.07. The van der Waals surface area contributed by atoms with Gasteiger partial charge in [0.15, 0.2) is 0 Å². The Labute approximate surface area is 100 Å². The Morgan fingerprint density at radius 3 is 2.88 bits per heavy atom. The number of aliphatic hydroxyl groups excluding tert-OH is 1. The SMILES string of the molecule is CC(C)CCC(=O)NCC(O)c1ccsc1. The standard InChI is InChI=1S/C12H19NO2S/c1-9(2)3-4-12(15)13-7-11(14)10-5-6-16-8-10/h5-6,8-9,11,14H,3-4,7H2,1-2H3,(H,13,15). The zero-order chi connectivity index (χ0) is 12.0. The summed E-state index contributed by atoms with van der Waals surface area (Å²) in [6, 6.07) is 1.87. The minimum Gasteiger partial charge on any atom is -0.387 e. The fourth-order valence-electron chi connectivity index (χ4n) is 1.30. The van der Waals surface area contributed by atoms with Crippen molar-refractivity contribution in [3.63, 3.8) is 0 Å². The van der Waals surface area contributed by atoms with E-state index < -0.39 is 6.10 Å². The summed E-state index contributed by atoms with van der Waals surface area (Å²) in [6.07, 6.45) is 0.836. The average Bonchev–Trinajstić information content (AvgIpc) is 2.76. The average molecular weight is 241 g/mol. The molecule has 0 radical (unpaired) electrons. The molecule has 2 N–H and O–H groups in total. The molecule has 0 aliphatic carbocycles. The van der Waals surface area contributed by atoms with Gasteiger partial charge in [-0.3, -0.25) is 4.79 Å². The van der Waals surface area contributed by atoms with Crippen LogP contribution in [0.5, 0.6) is 0 Å². The Morgan fingerprint density at radius 1 is 1.56 bits per heavy atom. The summed E-state index contributed by atoms with van der Waals surface area (Å²) in [7, 11) is 0. The van der Waals surface area contributed by atoms with Gasteiger partial charge in [0, 0.05) is 13.0 Å². The van der Waals surface area contributed by atoms with E-state index in [1.54, 1.807) is 11.3 Å². The van der Waals surface area contributed by atoms with E-state index in [4.69, 9.17) is 0 Å². The zero-order valence-electron chi connectivity index (χ0n) is 9.77. The number of hydrogen-bond acceptors (Lipinski definition) is 3. The molecular weight excluding hydrogens is 222 g/mol. The minimum absolute atomic E-state index is 0.0166. The molecule has 1 aromatic rings. The molecule has 1 atom stereocenters. The van der Waals surface area contributed by atoms with Gasteiger partial charge in [-0.2, -0.15) is 11.3 Å². The number of rotatable bonds is 6. The van der Waals surface area contributed by atoms with E-state index in [1.807, 2.05) is 16.8 Å². The maximum Gasteiger partial charge on any atom is 0.220 e. The molecule has 1 rings (SSSR count). The van der Waals surface area contributed by atoms with Crippen LogP contribution in [0.15, 0.2) is 16.8 Å². The Morgan fingerprint density at radius 2 is 2.31 bits per heavy atom. The molecule has 0 aromatic carbocycles. The molecule has 0 fully saturated rings. The Balaban J connectivity index is 2.21. The largest absolute Gasteiger partial charge is 0.387 e. The summed E-state index contributed by atoms with van der Waals surface area (Å²) in [4.78, 5) is 11.4. The van der Waals surface area contributed by atoms with Crippen molar-refractivity contribution in [1.82, 2.24) is 5.32 Å². The maximum absolute atomic E-state index is 11.4. The summed E-state index contributed by atoms with van der Waals surface area (Å²) < 4.78 is 0. The third-order valence-electron chi connectivity index (χ3n) is 2.37. The van der Waals surface area contributed by atoms with Gasteiger partial charge in [0.25, 0.3) is 0 Å². The van der Waals surface area contributed by atoms with Gasteiger partial charge in [0.1, 0.15) is 0 Å². The lowest BCUT2D eigenvalue weighted by molar-refractivity contribution is -0.121. The topological polar surface area (TPSA) is 49.3 Å². The number of carbonyl (C=O) groups is 1. The van der Waals surface area contributed by atoms with E-state index in [1.165, 1.54) is 0 Å². The van der Waals surface area contributed by atoms with E-state index in [0.29, 0.717) is 18.9 Å². The third kappa shape index (κ3) is 4.77. The van der Waals surface area contributed by atoms with Crippen molar-refractivity contribution in [1.29, 1.82) is 0 Å². The van der Waals surface area contributed by atoms with Crippen LogP contribution in [-0.2, 0) is 4.79 Å². The first-order valence-electron chi connectivity index (χ1n) is 5.56. The Bertz CT molecular complexity index is 309. The highest BCUT2D eigenvalue weighted by Gasteiger charge is 2.09. The summed E-state index contributed by atoms with van der Waals surface area (Å²) in [5, 5.41) is 16.3. The molecule has 0 spiro atoms. The van der Waals surface area contributed by atoms with Crippen LogP contribution < -0.4 is 5.32 Å². The summed E-state index contributed by atoms with van der Waals surface area (Å²) in [5.74, 6) is 0.551. The molecule has 90 valence electrons. The fourth-order valence-corrected chi connectivity index (χ4v) is 2.01. The minimum atomic E-state index is -0.589. The quantitative estimate of drug-likeness (QED) is 0.803. The van der Waals surface area contributed by atoms with Crippen molar-refractivity contribution in [2.75, 3.05) is 6.54 Å². The predicted octanol–water partition coefficient (Wildman–Crippen LogP) is 2.33. The normalized spacial score (nSPS) is 12.8. The van der Waals surface area contributed by atoms with Gasteiger partial charge < -0.3 is 10.4 Å². The fraction of sp³-hybridized carbons (Fsp3) is 0.583. The van der Waals surface area contributed by atoms with Crippen LogP contribution >= 0.6 is 11.3 Å². The highest BCUT2D eigenvalue weighted by molar-refractivity contribution is 7.07. The molecule has 0 saturated heterocycles. The van der Waals surface area contributed by atoms with Gasteiger partial charge in [-0.25, -0.2) is 0 Å². The molecular formula is C12H19NO2S. The molecule has 0 aliphatic rings. The molecule has 0 bridgehead atoms. The second-order valence-electron chi connectivity index (χ2n) is 4.31. The number of aliphatic hydroxyl groups is 1. The second kappa shape index (κ2) is 6.66. The molecule has 4 heteroatoms. The molecule has 1 aromatic heterocycles. The van der Waals surface area contributed by atoms with Gasteiger partial charge in [-0.05, 0) is 34.7 Å². The number of thiophene rings is 1. The van der Waals surface area contributed by atoms with Crippen molar-refractivity contribution in [3.8, 4) is 0 Å². The monoisotopic (exact) mass is 241 g/mol. The van der Waals surface area contributed by atoms with Crippen LogP contribution in [0.3, 0.4) is 0 Å². The first kappa shape index (κ1) is 13.2. The molecule has 1 heterocycles. The van der Waals surface area contributed by atoms with E-state index >= 15 is 0 Å². The van der Waals surface area contributed by atoms with Crippen molar-refractivity contribution in [2.45, 2.75) is 32.8 Å². The van der Waals surface area contributed by atoms with Crippen molar-refractivity contribution in [3.05, 3.63) is 22.4 Å². The summed E-state index contributed by atoms with van der Waals surface area (Å²) in [5.41, 5.74) is 0.870. The number of carbonyl (C=O) groups excluding carboxylic acids is 1. The molecule has 3 nitrogen and oxygen atoms in total. The summed E-state index contributed by atoms with van der Waals surface area (Å²) >= 11 is 1.54. The van der Waals surface area contributed by atoms with Crippen LogP contribution in [0.1, 0.15) is 38.4 Å². The number of hydrogen-bond donors (Lipinski definition) is 2. The highest BCUT2D eigenvalue weighted by Crippen LogP contribution is 2.15. The van der Waals surface area contributed by atoms with E-state index in [0.717, 1.165) is 12.0 Å². The van der Waals surface area contributed by atoms with Gasteiger partial charge in [-0.1, -0.05) is 13.8 Å². The lowest BCUT2D eigenvalue weighted by Crippen LogP contribution is -2.28.